The van der Waals surface area contributed by atoms with Crippen molar-refractivity contribution in [3.8, 4) is 11.3 Å². The van der Waals surface area contributed by atoms with Crippen LogP contribution in [-0.2, 0) is 20.5 Å². The molecule has 1 saturated carbocycles. The molecule has 168 valence electrons. The first-order valence-electron chi connectivity index (χ1n) is 11.5. The van der Waals surface area contributed by atoms with Gasteiger partial charge in [-0.05, 0) is 59.5 Å². The zero-order chi connectivity index (χ0) is 22.9. The Morgan fingerprint density at radius 2 is 1.97 bits per heavy atom. The topological polar surface area (TPSA) is 72.4 Å². The van der Waals surface area contributed by atoms with Gasteiger partial charge in [-0.15, -0.1) is 11.3 Å². The van der Waals surface area contributed by atoms with Crippen molar-refractivity contribution in [3.63, 3.8) is 0 Å². The van der Waals surface area contributed by atoms with Gasteiger partial charge in [0, 0.05) is 47.4 Å². The maximum Gasteiger partial charge on any atom is 0.341 e. The number of esters is 1. The zero-order valence-electron chi connectivity index (χ0n) is 18.4. The standard InChI is InChI=1S/C27H21N3O3S/c31-24-20-15-28-10-5-21(20)27(33-24)9-11-30(16-27)25(32)26(7-8-26)19-2-3-22(29-14-19)17-1-4-23-18(13-17)6-12-34-23/h1-6,10,12-15H,7-9,11,16H2. The molecule has 0 radical (unpaired) electrons. The summed E-state index contributed by atoms with van der Waals surface area (Å²) in [6.07, 6.45) is 7.34. The highest BCUT2D eigenvalue weighted by molar-refractivity contribution is 7.17. The second kappa shape index (κ2) is 6.96. The van der Waals surface area contributed by atoms with Crippen LogP contribution in [0, 0.1) is 0 Å². The van der Waals surface area contributed by atoms with E-state index in [-0.39, 0.29) is 11.9 Å². The Morgan fingerprint density at radius 1 is 1.06 bits per heavy atom. The van der Waals surface area contributed by atoms with E-state index in [9.17, 15) is 9.59 Å². The van der Waals surface area contributed by atoms with Gasteiger partial charge in [0.1, 0.15) is 0 Å². The molecule has 4 aromatic rings. The summed E-state index contributed by atoms with van der Waals surface area (Å²) in [6, 6.07) is 14.4. The second-order valence-corrected chi connectivity index (χ2v) is 10.4. The van der Waals surface area contributed by atoms with E-state index < -0.39 is 11.0 Å². The fraction of sp³-hybridized carbons (Fsp3) is 0.259. The molecule has 0 N–H and O–H groups in total. The lowest BCUT2D eigenvalue weighted by Gasteiger charge is -2.26. The first-order chi connectivity index (χ1) is 16.6. The normalized spacial score (nSPS) is 22.2. The summed E-state index contributed by atoms with van der Waals surface area (Å²) < 4.78 is 7.07. The van der Waals surface area contributed by atoms with Crippen LogP contribution in [0.5, 0.6) is 0 Å². The van der Waals surface area contributed by atoms with Crippen LogP contribution in [0.15, 0.2) is 66.4 Å². The van der Waals surface area contributed by atoms with Crippen LogP contribution in [0.1, 0.15) is 40.7 Å². The number of carbonyl (C=O) groups excluding carboxylic acids is 2. The van der Waals surface area contributed by atoms with E-state index in [4.69, 9.17) is 9.72 Å². The van der Waals surface area contributed by atoms with E-state index in [2.05, 4.69) is 34.6 Å². The summed E-state index contributed by atoms with van der Waals surface area (Å²) in [5, 5.41) is 3.31. The number of aromatic nitrogens is 2. The smallest absolute Gasteiger partial charge is 0.341 e. The van der Waals surface area contributed by atoms with Crippen molar-refractivity contribution in [2.75, 3.05) is 13.1 Å². The Labute approximate surface area is 200 Å². The molecule has 1 aromatic carbocycles. The van der Waals surface area contributed by atoms with Crippen molar-refractivity contribution in [3.05, 3.63) is 83.1 Å². The second-order valence-electron chi connectivity index (χ2n) is 9.47. The SMILES string of the molecule is O=C1OC2(CCN(C(=O)C3(c4ccc(-c5ccc6sccc6c5)nc4)CC3)C2)c2ccncc21. The summed E-state index contributed by atoms with van der Waals surface area (Å²) in [5.74, 6) is -0.240. The molecule has 5 heterocycles. The molecular weight excluding hydrogens is 446 g/mol. The molecule has 34 heavy (non-hydrogen) atoms. The Hall–Kier alpha value is -3.58. The summed E-state index contributed by atoms with van der Waals surface area (Å²) in [6.45, 7) is 0.963. The van der Waals surface area contributed by atoms with Crippen molar-refractivity contribution in [1.82, 2.24) is 14.9 Å². The number of hydrogen-bond acceptors (Lipinski definition) is 6. The summed E-state index contributed by atoms with van der Waals surface area (Å²) in [7, 11) is 0. The molecule has 1 spiro atoms. The molecule has 3 aromatic heterocycles. The minimum Gasteiger partial charge on any atom is -0.449 e. The van der Waals surface area contributed by atoms with Gasteiger partial charge in [-0.1, -0.05) is 12.1 Å². The minimum atomic E-state index is -0.747. The Morgan fingerprint density at radius 3 is 2.79 bits per heavy atom. The van der Waals surface area contributed by atoms with E-state index in [0.717, 1.165) is 35.2 Å². The number of thiophene rings is 1. The highest BCUT2D eigenvalue weighted by Gasteiger charge is 2.58. The van der Waals surface area contributed by atoms with E-state index in [1.54, 1.807) is 23.7 Å². The largest absolute Gasteiger partial charge is 0.449 e. The van der Waals surface area contributed by atoms with Gasteiger partial charge in [0.15, 0.2) is 5.60 Å². The van der Waals surface area contributed by atoms with Crippen LogP contribution in [0.4, 0.5) is 0 Å². The van der Waals surface area contributed by atoms with Gasteiger partial charge in [0.05, 0.1) is 23.2 Å². The predicted octanol–water partition coefficient (Wildman–Crippen LogP) is 4.69. The predicted molar refractivity (Wildman–Crippen MR) is 128 cm³/mol. The monoisotopic (exact) mass is 467 g/mol. The molecule has 1 saturated heterocycles. The molecule has 1 unspecified atom stereocenters. The highest BCUT2D eigenvalue weighted by atomic mass is 32.1. The summed E-state index contributed by atoms with van der Waals surface area (Å²) in [4.78, 5) is 36.7. The van der Waals surface area contributed by atoms with Gasteiger partial charge < -0.3 is 9.64 Å². The van der Waals surface area contributed by atoms with Crippen LogP contribution >= 0.6 is 11.3 Å². The number of fused-ring (bicyclic) bond motifs is 3. The number of amides is 1. The van der Waals surface area contributed by atoms with Crippen molar-refractivity contribution in [2.45, 2.75) is 30.3 Å². The molecule has 1 aliphatic carbocycles. The third kappa shape index (κ3) is 2.80. The number of pyridine rings is 2. The lowest BCUT2D eigenvalue weighted by Crippen LogP contribution is -2.40. The molecule has 1 amide bonds. The lowest BCUT2D eigenvalue weighted by atomic mass is 9.92. The maximum absolute atomic E-state index is 13.7. The first-order valence-corrected chi connectivity index (χ1v) is 12.4. The number of benzene rings is 1. The van der Waals surface area contributed by atoms with Gasteiger partial charge in [-0.2, -0.15) is 0 Å². The van der Waals surface area contributed by atoms with E-state index in [1.165, 1.54) is 10.1 Å². The lowest BCUT2D eigenvalue weighted by molar-refractivity contribution is -0.134. The van der Waals surface area contributed by atoms with Crippen LogP contribution in [0.2, 0.25) is 0 Å². The Bertz CT molecular complexity index is 1470. The Balaban J connectivity index is 1.14. The third-order valence-corrected chi connectivity index (χ3v) is 8.46. The van der Waals surface area contributed by atoms with Gasteiger partial charge in [-0.25, -0.2) is 4.79 Å². The molecule has 1 atom stereocenters. The zero-order valence-corrected chi connectivity index (χ0v) is 19.2. The number of ether oxygens (including phenoxy) is 1. The van der Waals surface area contributed by atoms with E-state index in [1.807, 2.05) is 29.3 Å². The Kier molecular flexibility index (Phi) is 4.06. The number of nitrogens with zero attached hydrogens (tertiary/aromatic N) is 3. The maximum atomic E-state index is 13.7. The van der Waals surface area contributed by atoms with E-state index in [0.29, 0.717) is 25.1 Å². The van der Waals surface area contributed by atoms with Crippen LogP contribution < -0.4 is 0 Å². The molecule has 2 aliphatic heterocycles. The van der Waals surface area contributed by atoms with Crippen LogP contribution in [0.3, 0.4) is 0 Å². The molecule has 3 aliphatic rings. The van der Waals surface area contributed by atoms with Crippen LogP contribution in [0.25, 0.3) is 21.3 Å². The fourth-order valence-corrected chi connectivity index (χ4v) is 6.30. The van der Waals surface area contributed by atoms with Crippen molar-refractivity contribution in [1.29, 1.82) is 0 Å². The molecule has 0 bridgehead atoms. The van der Waals surface area contributed by atoms with E-state index >= 15 is 0 Å². The fourth-order valence-electron chi connectivity index (χ4n) is 5.53. The number of rotatable bonds is 3. The first kappa shape index (κ1) is 19.9. The number of likely N-dealkylation sites (tertiary alicyclic amines) is 1. The van der Waals surface area contributed by atoms with Crippen LogP contribution in [-0.4, -0.2) is 39.8 Å². The van der Waals surface area contributed by atoms with Gasteiger partial charge in [0.25, 0.3) is 0 Å². The van der Waals surface area contributed by atoms with Crippen molar-refractivity contribution >= 4 is 33.3 Å². The average molecular weight is 468 g/mol. The quantitative estimate of drug-likeness (QED) is 0.409. The third-order valence-electron chi connectivity index (χ3n) is 7.56. The summed E-state index contributed by atoms with van der Waals surface area (Å²) >= 11 is 1.73. The van der Waals surface area contributed by atoms with Gasteiger partial charge >= 0.3 is 5.97 Å². The number of carbonyl (C=O) groups is 2. The number of hydrogen-bond donors (Lipinski definition) is 0. The molecule has 2 fully saturated rings. The average Bonchev–Trinajstić information content (AvgIpc) is 3.22. The van der Waals surface area contributed by atoms with Crippen molar-refractivity contribution in [2.24, 2.45) is 0 Å². The molecule has 7 rings (SSSR count). The molecular formula is C27H21N3O3S. The highest BCUT2D eigenvalue weighted by Crippen LogP contribution is 2.52. The summed E-state index contributed by atoms with van der Waals surface area (Å²) in [5.41, 5.74) is 3.04. The van der Waals surface area contributed by atoms with Gasteiger partial charge in [0.2, 0.25) is 5.91 Å². The molecule has 7 heteroatoms. The minimum absolute atomic E-state index is 0.108. The van der Waals surface area contributed by atoms with Crippen molar-refractivity contribution < 1.29 is 14.3 Å². The van der Waals surface area contributed by atoms with Gasteiger partial charge in [-0.3, -0.25) is 14.8 Å². The molecule has 6 nitrogen and oxygen atoms in total.